The molecule has 3 saturated heterocycles. The number of ether oxygens (including phenoxy) is 1. The van der Waals surface area contributed by atoms with Crippen LogP contribution in [-0.4, -0.2) is 61.7 Å². The van der Waals surface area contributed by atoms with E-state index in [0.29, 0.717) is 12.1 Å². The van der Waals surface area contributed by atoms with Crippen molar-refractivity contribution < 1.29 is 4.74 Å². The molecule has 21 heavy (non-hydrogen) atoms. The number of nitrogens with one attached hydrogen (secondary N) is 2. The Kier molecular flexibility index (Phi) is 3.97. The van der Waals surface area contributed by atoms with Gasteiger partial charge in [-0.3, -0.25) is 4.90 Å². The van der Waals surface area contributed by atoms with Crippen molar-refractivity contribution in [3.05, 3.63) is 12.3 Å². The zero-order chi connectivity index (χ0) is 14.1. The van der Waals surface area contributed by atoms with Crippen molar-refractivity contribution in [2.24, 2.45) is 10.9 Å². The quantitative estimate of drug-likeness (QED) is 0.787. The molecule has 0 aromatic carbocycles. The lowest BCUT2D eigenvalue weighted by atomic mass is 10.1. The summed E-state index contributed by atoms with van der Waals surface area (Å²) in [7, 11) is 0. The molecule has 4 rings (SSSR count). The smallest absolute Gasteiger partial charge is 0.104 e. The third-order valence-electron chi connectivity index (χ3n) is 5.39. The molecule has 2 N–H and O–H groups in total. The number of aliphatic imine (C=N–C) groups is 1. The molecule has 5 heteroatoms. The fourth-order valence-corrected chi connectivity index (χ4v) is 4.13. The van der Waals surface area contributed by atoms with Gasteiger partial charge in [0.2, 0.25) is 0 Å². The van der Waals surface area contributed by atoms with Crippen LogP contribution in [0.25, 0.3) is 0 Å². The molecule has 3 atom stereocenters. The molecule has 0 aromatic heterocycles. The van der Waals surface area contributed by atoms with Crippen LogP contribution in [0.5, 0.6) is 0 Å². The van der Waals surface area contributed by atoms with Gasteiger partial charge in [-0.05, 0) is 37.8 Å². The average molecular weight is 290 g/mol. The van der Waals surface area contributed by atoms with Crippen molar-refractivity contribution in [1.29, 1.82) is 0 Å². The standard InChI is InChI=1S/C16H26N4O/c1-5-17-15-11-20(10-12(1)15)14-2-6-18-16(9-14)19-13-3-7-21-8-4-13/h2,6,12-15,17H,1,3-5,7-11H2,(H,18,19)/t12-,14?,15+/m1/s1. The maximum atomic E-state index is 5.42. The highest BCUT2D eigenvalue weighted by atomic mass is 16.5. The number of amidine groups is 1. The summed E-state index contributed by atoms with van der Waals surface area (Å²) < 4.78 is 5.42. The van der Waals surface area contributed by atoms with Crippen LogP contribution in [0, 0.1) is 5.92 Å². The maximum absolute atomic E-state index is 5.42. The summed E-state index contributed by atoms with van der Waals surface area (Å²) in [6, 6.07) is 1.80. The maximum Gasteiger partial charge on any atom is 0.104 e. The Morgan fingerprint density at radius 1 is 1.24 bits per heavy atom. The monoisotopic (exact) mass is 290 g/mol. The third kappa shape index (κ3) is 3.00. The second-order valence-electron chi connectivity index (χ2n) is 6.78. The van der Waals surface area contributed by atoms with Gasteiger partial charge in [-0.2, -0.15) is 0 Å². The van der Waals surface area contributed by atoms with E-state index < -0.39 is 0 Å². The number of hydrogen-bond donors (Lipinski definition) is 2. The number of fused-ring (bicyclic) bond motifs is 1. The molecule has 0 aliphatic carbocycles. The summed E-state index contributed by atoms with van der Waals surface area (Å²) in [5.74, 6) is 2.03. The molecule has 4 aliphatic rings. The molecule has 4 aliphatic heterocycles. The Morgan fingerprint density at radius 2 is 2.14 bits per heavy atom. The van der Waals surface area contributed by atoms with Gasteiger partial charge in [0.05, 0.1) is 0 Å². The third-order valence-corrected chi connectivity index (χ3v) is 5.39. The van der Waals surface area contributed by atoms with Crippen molar-refractivity contribution in [3.63, 3.8) is 0 Å². The average Bonchev–Trinajstić information content (AvgIpc) is 3.10. The Bertz CT molecular complexity index is 418. The summed E-state index contributed by atoms with van der Waals surface area (Å²) in [5.41, 5.74) is 0. The zero-order valence-corrected chi connectivity index (χ0v) is 12.6. The van der Waals surface area contributed by atoms with Gasteiger partial charge in [0, 0.05) is 57.0 Å². The van der Waals surface area contributed by atoms with Crippen LogP contribution in [0.4, 0.5) is 0 Å². The van der Waals surface area contributed by atoms with Crippen LogP contribution in [0.2, 0.25) is 0 Å². The first-order valence-electron chi connectivity index (χ1n) is 8.43. The summed E-state index contributed by atoms with van der Waals surface area (Å²) in [6.07, 6.45) is 8.86. The van der Waals surface area contributed by atoms with Gasteiger partial charge in [0.15, 0.2) is 0 Å². The minimum Gasteiger partial charge on any atom is -0.381 e. The largest absolute Gasteiger partial charge is 0.381 e. The van der Waals surface area contributed by atoms with Gasteiger partial charge in [0.1, 0.15) is 5.84 Å². The Hall–Kier alpha value is -0.910. The predicted octanol–water partition coefficient (Wildman–Crippen LogP) is 0.733. The summed E-state index contributed by atoms with van der Waals surface area (Å²) in [4.78, 5) is 7.20. The van der Waals surface area contributed by atoms with Gasteiger partial charge in [-0.25, -0.2) is 4.99 Å². The van der Waals surface area contributed by atoms with Crippen LogP contribution >= 0.6 is 0 Å². The number of hydrogen-bond acceptors (Lipinski definition) is 5. The topological polar surface area (TPSA) is 48.9 Å². The van der Waals surface area contributed by atoms with E-state index in [-0.39, 0.29) is 0 Å². The van der Waals surface area contributed by atoms with E-state index >= 15 is 0 Å². The molecule has 0 spiro atoms. The minimum absolute atomic E-state index is 0.525. The first-order valence-corrected chi connectivity index (χ1v) is 8.43. The van der Waals surface area contributed by atoms with E-state index in [9.17, 15) is 0 Å². The second kappa shape index (κ2) is 6.07. The highest BCUT2D eigenvalue weighted by Gasteiger charge is 2.38. The van der Waals surface area contributed by atoms with E-state index in [4.69, 9.17) is 4.74 Å². The fraction of sp³-hybridized carbons (Fsp3) is 0.812. The van der Waals surface area contributed by atoms with E-state index in [1.165, 1.54) is 31.9 Å². The summed E-state index contributed by atoms with van der Waals surface area (Å²) in [6.45, 7) is 5.42. The van der Waals surface area contributed by atoms with Crippen LogP contribution in [0.3, 0.4) is 0 Å². The lowest BCUT2D eigenvalue weighted by Gasteiger charge is -2.31. The highest BCUT2D eigenvalue weighted by molar-refractivity contribution is 5.84. The number of rotatable bonds is 2. The predicted molar refractivity (Wildman–Crippen MR) is 83.4 cm³/mol. The van der Waals surface area contributed by atoms with Gasteiger partial charge in [-0.1, -0.05) is 0 Å². The molecule has 5 nitrogen and oxygen atoms in total. The number of nitrogens with zero attached hydrogens (tertiary/aromatic N) is 2. The molecule has 1 unspecified atom stereocenters. The lowest BCUT2D eigenvalue weighted by molar-refractivity contribution is 0.0822. The Labute approximate surface area is 126 Å². The normalized spacial score (nSPS) is 37.5. The van der Waals surface area contributed by atoms with Gasteiger partial charge < -0.3 is 15.4 Å². The van der Waals surface area contributed by atoms with Crippen LogP contribution in [0.1, 0.15) is 25.7 Å². The fourth-order valence-electron chi connectivity index (χ4n) is 4.13. The van der Waals surface area contributed by atoms with E-state index in [0.717, 1.165) is 44.4 Å². The summed E-state index contributed by atoms with van der Waals surface area (Å²) >= 11 is 0. The first-order chi connectivity index (χ1) is 10.4. The van der Waals surface area contributed by atoms with E-state index in [1.807, 2.05) is 6.20 Å². The second-order valence-corrected chi connectivity index (χ2v) is 6.78. The van der Waals surface area contributed by atoms with Crippen molar-refractivity contribution in [2.75, 3.05) is 32.8 Å². The van der Waals surface area contributed by atoms with Crippen LogP contribution in [0.15, 0.2) is 17.3 Å². The molecule has 3 fully saturated rings. The lowest BCUT2D eigenvalue weighted by Crippen LogP contribution is -2.44. The molecule has 0 saturated carbocycles. The van der Waals surface area contributed by atoms with Crippen molar-refractivity contribution >= 4 is 5.84 Å². The van der Waals surface area contributed by atoms with Gasteiger partial charge >= 0.3 is 0 Å². The SMILES string of the molecule is C1=CC(N2C[C@H]3CCN[C@H]3C2)CC(NC2CCOCC2)=N1. The molecule has 0 radical (unpaired) electrons. The zero-order valence-electron chi connectivity index (χ0n) is 12.6. The number of likely N-dealkylation sites (tertiary alicyclic amines) is 1. The molecular formula is C16H26N4O. The van der Waals surface area contributed by atoms with E-state index in [1.54, 1.807) is 0 Å². The Morgan fingerprint density at radius 3 is 3.00 bits per heavy atom. The molecule has 0 bridgehead atoms. The van der Waals surface area contributed by atoms with Gasteiger partial charge in [-0.15, -0.1) is 0 Å². The van der Waals surface area contributed by atoms with Crippen molar-refractivity contribution in [1.82, 2.24) is 15.5 Å². The van der Waals surface area contributed by atoms with Gasteiger partial charge in [0.25, 0.3) is 0 Å². The van der Waals surface area contributed by atoms with E-state index in [2.05, 4.69) is 26.6 Å². The molecular weight excluding hydrogens is 264 g/mol. The molecule has 4 heterocycles. The van der Waals surface area contributed by atoms with Crippen LogP contribution in [-0.2, 0) is 4.74 Å². The van der Waals surface area contributed by atoms with Crippen molar-refractivity contribution in [3.8, 4) is 0 Å². The minimum atomic E-state index is 0.525. The highest BCUT2D eigenvalue weighted by Crippen LogP contribution is 2.28. The molecule has 0 amide bonds. The first kappa shape index (κ1) is 13.7. The van der Waals surface area contributed by atoms with Crippen molar-refractivity contribution in [2.45, 2.75) is 43.8 Å². The Balaban J connectivity index is 1.32. The van der Waals surface area contributed by atoms with Crippen LogP contribution < -0.4 is 10.6 Å². The molecule has 116 valence electrons. The molecule has 0 aromatic rings. The summed E-state index contributed by atoms with van der Waals surface area (Å²) in [5, 5.41) is 7.28.